The third-order valence-corrected chi connectivity index (χ3v) is 7.13. The van der Waals surface area contributed by atoms with Crippen LogP contribution in [0.2, 0.25) is 0 Å². The molecule has 0 aliphatic carbocycles. The quantitative estimate of drug-likeness (QED) is 0.0718. The predicted molar refractivity (Wildman–Crippen MR) is 191 cm³/mol. The van der Waals surface area contributed by atoms with Gasteiger partial charge in [-0.3, -0.25) is 9.59 Å². The van der Waals surface area contributed by atoms with Crippen molar-refractivity contribution in [2.45, 2.75) is 53.0 Å². The highest BCUT2D eigenvalue weighted by Gasteiger charge is 2.33. The fraction of sp³-hybridized carbons (Fsp3) is 0.714. The number of hydrogen-bond donors (Lipinski definition) is 2. The molecule has 296 valence electrons. The molecule has 0 atom stereocenters. The van der Waals surface area contributed by atoms with Gasteiger partial charge in [0.05, 0.1) is 123 Å². The van der Waals surface area contributed by atoms with E-state index in [1.54, 1.807) is 35.6 Å². The molecule has 18 nitrogen and oxygen atoms in total. The van der Waals surface area contributed by atoms with Crippen LogP contribution >= 0.6 is 0 Å². The molecular weight excluding hydrogens is 692 g/mol. The Bertz CT molecular complexity index is 1240. The number of carbonyl (C=O) groups excluding carboxylic acids is 2. The fourth-order valence-electron chi connectivity index (χ4n) is 4.41. The Labute approximate surface area is 312 Å². The minimum absolute atomic E-state index is 0.000632. The van der Waals surface area contributed by atoms with Crippen molar-refractivity contribution in [1.82, 2.24) is 40.6 Å². The second-order valence-electron chi connectivity index (χ2n) is 11.7. The van der Waals surface area contributed by atoms with Crippen molar-refractivity contribution >= 4 is 11.8 Å². The molecule has 0 aromatic carbocycles. The Morgan fingerprint density at radius 3 is 1.42 bits per heavy atom. The van der Waals surface area contributed by atoms with Gasteiger partial charge in [-0.2, -0.15) is 0 Å². The average molecular weight is 749 g/mol. The summed E-state index contributed by atoms with van der Waals surface area (Å²) < 4.78 is 49.1. The molecule has 53 heavy (non-hydrogen) atoms. The zero-order valence-electron chi connectivity index (χ0n) is 31.1. The summed E-state index contributed by atoms with van der Waals surface area (Å²) >= 11 is 0. The van der Waals surface area contributed by atoms with Crippen LogP contribution in [-0.2, 0) is 73.8 Å². The van der Waals surface area contributed by atoms with Crippen LogP contribution in [-0.4, -0.2) is 147 Å². The van der Waals surface area contributed by atoms with Crippen molar-refractivity contribution < 1.29 is 47.5 Å². The van der Waals surface area contributed by atoms with E-state index in [9.17, 15) is 9.59 Å². The van der Waals surface area contributed by atoms with Crippen molar-refractivity contribution in [1.29, 1.82) is 0 Å². The highest BCUT2D eigenvalue weighted by molar-refractivity contribution is 5.75. The molecule has 0 radical (unpaired) electrons. The SMILES string of the molecule is C#CCOCC(COCC#C)(COCc1cn(CCOCCOCCNC(=O)CC)nn1)COCc1cn(CCOCCOCCNC(=O)CC)nn1. The first-order valence-corrected chi connectivity index (χ1v) is 17.7. The zero-order valence-corrected chi connectivity index (χ0v) is 31.1. The van der Waals surface area contributed by atoms with Gasteiger partial charge in [0, 0.05) is 25.9 Å². The molecule has 0 saturated carbocycles. The monoisotopic (exact) mass is 748 g/mol. The van der Waals surface area contributed by atoms with E-state index in [0.717, 1.165) is 0 Å². The number of rotatable bonds is 34. The van der Waals surface area contributed by atoms with E-state index >= 15 is 0 Å². The second-order valence-corrected chi connectivity index (χ2v) is 11.7. The number of hydrogen-bond acceptors (Lipinski definition) is 14. The number of aromatic nitrogens is 6. The second kappa shape index (κ2) is 29.5. The lowest BCUT2D eigenvalue weighted by molar-refractivity contribution is -0.121. The van der Waals surface area contributed by atoms with Gasteiger partial charge in [-0.15, -0.1) is 23.0 Å². The zero-order chi connectivity index (χ0) is 38.2. The summed E-state index contributed by atoms with van der Waals surface area (Å²) in [4.78, 5) is 22.4. The molecule has 2 N–H and O–H groups in total. The highest BCUT2D eigenvalue weighted by Crippen LogP contribution is 2.22. The maximum absolute atomic E-state index is 11.2. The number of terminal acetylenes is 2. The van der Waals surface area contributed by atoms with Crippen LogP contribution in [0.3, 0.4) is 0 Å². The summed E-state index contributed by atoms with van der Waals surface area (Å²) in [7, 11) is 0. The molecular formula is C35H56N8O10. The summed E-state index contributed by atoms with van der Waals surface area (Å²) in [6.07, 6.45) is 15.3. The van der Waals surface area contributed by atoms with Crippen LogP contribution in [0.15, 0.2) is 12.4 Å². The summed E-state index contributed by atoms with van der Waals surface area (Å²) in [5.74, 6) is 4.96. The Balaban J connectivity index is 1.75. The van der Waals surface area contributed by atoms with Crippen LogP contribution in [0.4, 0.5) is 0 Å². The highest BCUT2D eigenvalue weighted by atomic mass is 16.5. The average Bonchev–Trinajstić information content (AvgIpc) is 3.82. The lowest BCUT2D eigenvalue weighted by Crippen LogP contribution is -2.41. The van der Waals surface area contributed by atoms with E-state index in [-0.39, 0.29) is 64.7 Å². The van der Waals surface area contributed by atoms with Crippen LogP contribution in [0.5, 0.6) is 0 Å². The first kappa shape index (κ1) is 45.2. The largest absolute Gasteiger partial charge is 0.377 e. The Kier molecular flexibility index (Phi) is 25.1. The third kappa shape index (κ3) is 22.0. The summed E-state index contributed by atoms with van der Waals surface area (Å²) in [6.45, 7) is 10.4. The third-order valence-electron chi connectivity index (χ3n) is 7.13. The minimum atomic E-state index is -0.741. The van der Waals surface area contributed by atoms with Crippen molar-refractivity contribution in [3.63, 3.8) is 0 Å². The van der Waals surface area contributed by atoms with Crippen LogP contribution < -0.4 is 10.6 Å². The number of nitrogens with one attached hydrogen (secondary N) is 2. The molecule has 2 aromatic rings. The molecule has 2 heterocycles. The van der Waals surface area contributed by atoms with Crippen LogP contribution in [0.1, 0.15) is 38.1 Å². The number of carbonyl (C=O) groups is 2. The van der Waals surface area contributed by atoms with Gasteiger partial charge >= 0.3 is 0 Å². The van der Waals surface area contributed by atoms with E-state index in [1.165, 1.54) is 0 Å². The topological polar surface area (TPSA) is 193 Å². The smallest absolute Gasteiger partial charge is 0.219 e. The van der Waals surface area contributed by atoms with Gasteiger partial charge in [0.2, 0.25) is 11.8 Å². The molecule has 2 rings (SSSR count). The molecule has 0 unspecified atom stereocenters. The van der Waals surface area contributed by atoms with E-state index in [0.29, 0.717) is 103 Å². The van der Waals surface area contributed by atoms with Gasteiger partial charge in [0.1, 0.15) is 24.6 Å². The lowest BCUT2D eigenvalue weighted by Gasteiger charge is -2.32. The molecule has 2 aromatic heterocycles. The van der Waals surface area contributed by atoms with Crippen molar-refractivity contribution in [2.75, 3.05) is 106 Å². The molecule has 0 fully saturated rings. The normalized spacial score (nSPS) is 11.3. The van der Waals surface area contributed by atoms with Crippen molar-refractivity contribution in [3.05, 3.63) is 23.8 Å². The minimum Gasteiger partial charge on any atom is -0.377 e. The van der Waals surface area contributed by atoms with Crippen LogP contribution in [0, 0.1) is 30.1 Å². The first-order valence-electron chi connectivity index (χ1n) is 17.7. The van der Waals surface area contributed by atoms with Crippen LogP contribution in [0.25, 0.3) is 0 Å². The molecule has 0 aliphatic rings. The molecule has 0 spiro atoms. The lowest BCUT2D eigenvalue weighted by atomic mass is 9.92. The Morgan fingerprint density at radius 1 is 0.623 bits per heavy atom. The van der Waals surface area contributed by atoms with Gasteiger partial charge < -0.3 is 48.5 Å². The molecule has 0 aliphatic heterocycles. The fourth-order valence-corrected chi connectivity index (χ4v) is 4.41. The van der Waals surface area contributed by atoms with Gasteiger partial charge in [0.25, 0.3) is 0 Å². The van der Waals surface area contributed by atoms with Gasteiger partial charge in [-0.25, -0.2) is 9.36 Å². The molecule has 0 saturated heterocycles. The van der Waals surface area contributed by atoms with Gasteiger partial charge in [-0.1, -0.05) is 36.1 Å². The van der Waals surface area contributed by atoms with Crippen molar-refractivity contribution in [3.8, 4) is 24.7 Å². The maximum atomic E-state index is 11.2. The standard InChI is InChI=1S/C35H56N8O10/c1-5-13-50-27-35(28-51-14-6-2,29-52-25-31-23-42(40-38-31)11-17-48-21-19-46-15-9-36-33(44)7-3)30-53-26-32-24-43(41-39-32)12-18-49-22-20-47-16-10-37-34(45)8-4/h1-2,23-24H,7-22,25-30H2,3-4H3,(H,36,44)(H,37,45). The summed E-state index contributed by atoms with van der Waals surface area (Å²) in [6, 6.07) is 0. The Morgan fingerprint density at radius 2 is 1.02 bits per heavy atom. The van der Waals surface area contributed by atoms with Crippen molar-refractivity contribution in [2.24, 2.45) is 5.41 Å². The van der Waals surface area contributed by atoms with Gasteiger partial charge in [-0.05, 0) is 0 Å². The van der Waals surface area contributed by atoms with E-state index in [2.05, 4.69) is 43.1 Å². The molecule has 0 bridgehead atoms. The van der Waals surface area contributed by atoms with E-state index < -0.39 is 5.41 Å². The first-order chi connectivity index (χ1) is 25.9. The van der Waals surface area contributed by atoms with E-state index in [4.69, 9.17) is 50.7 Å². The van der Waals surface area contributed by atoms with Gasteiger partial charge in [0.15, 0.2) is 0 Å². The summed E-state index contributed by atoms with van der Waals surface area (Å²) in [5.41, 5.74) is 0.531. The molecule has 2 amide bonds. The maximum Gasteiger partial charge on any atom is 0.219 e. The number of amides is 2. The predicted octanol–water partition coefficient (Wildman–Crippen LogP) is 0.00780. The number of ether oxygens (including phenoxy) is 8. The van der Waals surface area contributed by atoms with E-state index in [1.807, 2.05) is 0 Å². The summed E-state index contributed by atoms with van der Waals surface area (Å²) in [5, 5.41) is 22.2. The molecule has 18 heteroatoms. The Hall–Kier alpha value is -3.98. The number of nitrogens with zero attached hydrogens (tertiary/aromatic N) is 6.